The van der Waals surface area contributed by atoms with E-state index in [2.05, 4.69) is 78.7 Å². The van der Waals surface area contributed by atoms with Crippen LogP contribution in [0.2, 0.25) is 0 Å². The van der Waals surface area contributed by atoms with Gasteiger partial charge in [-0.1, -0.05) is 81.3 Å². The first-order chi connectivity index (χ1) is 12.8. The van der Waals surface area contributed by atoms with Crippen LogP contribution >= 0.6 is 24.8 Å². The zero-order valence-corrected chi connectivity index (χ0v) is 19.2. The van der Waals surface area contributed by atoms with Crippen LogP contribution in [0.1, 0.15) is 51.5 Å². The topological polar surface area (TPSA) is 15.3 Å². The highest BCUT2D eigenvalue weighted by Gasteiger charge is 2.03. The maximum absolute atomic E-state index is 3.60. The Morgan fingerprint density at radius 3 is 1.79 bits per heavy atom. The van der Waals surface area contributed by atoms with Gasteiger partial charge in [0.05, 0.1) is 0 Å². The minimum atomic E-state index is 0. The Bertz CT molecular complexity index is 579. The zero-order chi connectivity index (χ0) is 18.5. The molecule has 28 heavy (non-hydrogen) atoms. The smallest absolute Gasteiger partial charge is 0.0205 e. The molecule has 0 aliphatic carbocycles. The van der Waals surface area contributed by atoms with E-state index < -0.39 is 0 Å². The van der Waals surface area contributed by atoms with Gasteiger partial charge in [-0.25, -0.2) is 0 Å². The lowest BCUT2D eigenvalue weighted by Gasteiger charge is -2.22. The van der Waals surface area contributed by atoms with E-state index in [1.165, 1.54) is 68.4 Å². The van der Waals surface area contributed by atoms with Crippen LogP contribution < -0.4 is 5.32 Å². The maximum atomic E-state index is 3.60. The Morgan fingerprint density at radius 2 is 1.21 bits per heavy atom. The van der Waals surface area contributed by atoms with Crippen LogP contribution in [0.15, 0.2) is 54.6 Å². The van der Waals surface area contributed by atoms with Crippen LogP contribution in [-0.2, 0) is 6.54 Å². The van der Waals surface area contributed by atoms with Crippen molar-refractivity contribution in [2.24, 2.45) is 0 Å². The summed E-state index contributed by atoms with van der Waals surface area (Å²) in [6, 6.07) is 19.5. The fourth-order valence-electron chi connectivity index (χ4n) is 3.20. The molecule has 0 amide bonds. The third-order valence-electron chi connectivity index (χ3n) is 4.87. The Kier molecular flexibility index (Phi) is 16.2. The second-order valence-electron chi connectivity index (χ2n) is 7.14. The average molecular weight is 425 g/mol. The summed E-state index contributed by atoms with van der Waals surface area (Å²) in [6.45, 7) is 10.4. The van der Waals surface area contributed by atoms with Gasteiger partial charge in [-0.2, -0.15) is 0 Å². The number of hydrogen-bond donors (Lipinski definition) is 1. The first kappa shape index (κ1) is 26.9. The fraction of sp³-hybridized carbons (Fsp3) is 0.500. The van der Waals surface area contributed by atoms with E-state index in [1.54, 1.807) is 0 Å². The summed E-state index contributed by atoms with van der Waals surface area (Å²) in [7, 11) is 0. The van der Waals surface area contributed by atoms with Gasteiger partial charge in [0.15, 0.2) is 0 Å². The molecule has 0 aliphatic rings. The third kappa shape index (κ3) is 10.5. The summed E-state index contributed by atoms with van der Waals surface area (Å²) < 4.78 is 0. The van der Waals surface area contributed by atoms with Gasteiger partial charge in [-0.3, -0.25) is 0 Å². The molecule has 0 saturated carbocycles. The number of halogens is 2. The van der Waals surface area contributed by atoms with E-state index in [1.807, 2.05) is 0 Å². The first-order valence-electron chi connectivity index (χ1n) is 10.4. The lowest BCUT2D eigenvalue weighted by Crippen LogP contribution is -2.29. The summed E-state index contributed by atoms with van der Waals surface area (Å²) >= 11 is 0. The van der Waals surface area contributed by atoms with E-state index in [9.17, 15) is 0 Å². The fourth-order valence-corrected chi connectivity index (χ4v) is 3.20. The largest absolute Gasteiger partial charge is 0.313 e. The Labute approximate surface area is 184 Å². The highest BCUT2D eigenvalue weighted by Crippen LogP contribution is 2.19. The van der Waals surface area contributed by atoms with Gasteiger partial charge in [0, 0.05) is 6.54 Å². The number of unbranched alkanes of at least 4 members (excludes halogenated alkanes) is 2. The molecule has 2 aromatic rings. The van der Waals surface area contributed by atoms with Gasteiger partial charge >= 0.3 is 0 Å². The van der Waals surface area contributed by atoms with Crippen LogP contribution in [0.3, 0.4) is 0 Å². The average Bonchev–Trinajstić information content (AvgIpc) is 2.70. The van der Waals surface area contributed by atoms with Crippen molar-refractivity contribution < 1.29 is 0 Å². The Hall–Kier alpha value is -1.06. The molecule has 0 bridgehead atoms. The van der Waals surface area contributed by atoms with Crippen molar-refractivity contribution in [2.75, 3.05) is 26.2 Å². The van der Waals surface area contributed by atoms with Crippen molar-refractivity contribution in [2.45, 2.75) is 52.5 Å². The van der Waals surface area contributed by atoms with Gasteiger partial charge in [0.25, 0.3) is 0 Å². The van der Waals surface area contributed by atoms with Crippen LogP contribution in [-0.4, -0.2) is 31.1 Å². The van der Waals surface area contributed by atoms with Crippen molar-refractivity contribution >= 4 is 24.8 Å². The highest BCUT2D eigenvalue weighted by molar-refractivity contribution is 5.85. The molecular formula is C24H38Cl2N2. The van der Waals surface area contributed by atoms with E-state index >= 15 is 0 Å². The van der Waals surface area contributed by atoms with Gasteiger partial charge in [-0.15, -0.1) is 24.8 Å². The second-order valence-corrected chi connectivity index (χ2v) is 7.14. The molecule has 0 aliphatic heterocycles. The van der Waals surface area contributed by atoms with Gasteiger partial charge in [0.2, 0.25) is 0 Å². The molecule has 0 unspecified atom stereocenters. The lowest BCUT2D eigenvalue weighted by molar-refractivity contribution is 0.261. The molecule has 4 heteroatoms. The quantitative estimate of drug-likeness (QED) is 0.365. The van der Waals surface area contributed by atoms with Crippen LogP contribution in [0.25, 0.3) is 11.1 Å². The van der Waals surface area contributed by atoms with E-state index in [0.717, 1.165) is 13.1 Å². The minimum absolute atomic E-state index is 0. The molecule has 0 heterocycles. The van der Waals surface area contributed by atoms with Crippen molar-refractivity contribution in [1.82, 2.24) is 10.2 Å². The van der Waals surface area contributed by atoms with Crippen molar-refractivity contribution in [3.05, 3.63) is 60.2 Å². The van der Waals surface area contributed by atoms with Crippen LogP contribution in [0, 0.1) is 0 Å². The molecule has 0 atom stereocenters. The molecule has 2 aromatic carbocycles. The molecule has 2 rings (SSSR count). The number of rotatable bonds is 13. The molecule has 2 nitrogen and oxygen atoms in total. The molecule has 0 aromatic heterocycles. The van der Waals surface area contributed by atoms with Gasteiger partial charge in [-0.05, 0) is 62.1 Å². The number of hydrogen-bond acceptors (Lipinski definition) is 2. The lowest BCUT2D eigenvalue weighted by atomic mass is 10.0. The van der Waals surface area contributed by atoms with Gasteiger partial charge < -0.3 is 10.2 Å². The summed E-state index contributed by atoms with van der Waals surface area (Å²) in [5, 5.41) is 3.60. The Morgan fingerprint density at radius 1 is 0.679 bits per heavy atom. The molecule has 0 fully saturated rings. The Balaban J connectivity index is 0.00000364. The van der Waals surface area contributed by atoms with Crippen molar-refractivity contribution in [3.8, 4) is 11.1 Å². The molecular weight excluding hydrogens is 387 g/mol. The minimum Gasteiger partial charge on any atom is -0.313 e. The molecule has 0 saturated heterocycles. The first-order valence-corrected chi connectivity index (χ1v) is 10.4. The summed E-state index contributed by atoms with van der Waals surface area (Å²) in [4.78, 5) is 2.64. The summed E-state index contributed by atoms with van der Waals surface area (Å²) in [5.74, 6) is 0. The molecule has 0 radical (unpaired) electrons. The zero-order valence-electron chi connectivity index (χ0n) is 17.5. The summed E-state index contributed by atoms with van der Waals surface area (Å²) in [5.41, 5.74) is 3.93. The van der Waals surface area contributed by atoms with E-state index in [4.69, 9.17) is 0 Å². The predicted molar refractivity (Wildman–Crippen MR) is 129 cm³/mol. The van der Waals surface area contributed by atoms with Crippen molar-refractivity contribution in [3.63, 3.8) is 0 Å². The molecule has 1 N–H and O–H groups in total. The van der Waals surface area contributed by atoms with Crippen molar-refractivity contribution in [1.29, 1.82) is 0 Å². The second kappa shape index (κ2) is 16.9. The third-order valence-corrected chi connectivity index (χ3v) is 4.87. The number of nitrogens with one attached hydrogen (secondary N) is 1. The number of benzene rings is 2. The van der Waals surface area contributed by atoms with Crippen LogP contribution in [0.4, 0.5) is 0 Å². The predicted octanol–water partition coefficient (Wildman–Crippen LogP) is 6.58. The maximum Gasteiger partial charge on any atom is 0.0205 e. The standard InChI is InChI=1S/C24H36N2.2ClH/c1-3-5-18-26(19-6-4-2)20-10-17-25-21-22-13-15-24(16-14-22)23-11-8-7-9-12-23;;/h7-9,11-16,25H,3-6,10,17-21H2,1-2H3;2*1H. The SMILES string of the molecule is CCCCN(CCCC)CCCNCc1ccc(-c2ccccc2)cc1.Cl.Cl. The normalized spacial score (nSPS) is 10.4. The highest BCUT2D eigenvalue weighted by atomic mass is 35.5. The van der Waals surface area contributed by atoms with Crippen LogP contribution in [0.5, 0.6) is 0 Å². The monoisotopic (exact) mass is 424 g/mol. The van der Waals surface area contributed by atoms with E-state index in [-0.39, 0.29) is 24.8 Å². The van der Waals surface area contributed by atoms with Gasteiger partial charge in [0.1, 0.15) is 0 Å². The van der Waals surface area contributed by atoms with E-state index in [0.29, 0.717) is 0 Å². The number of nitrogens with zero attached hydrogens (tertiary/aromatic N) is 1. The summed E-state index contributed by atoms with van der Waals surface area (Å²) in [6.07, 6.45) is 6.46. The molecule has 158 valence electrons. The molecule has 0 spiro atoms.